The minimum atomic E-state index is -3.77. The normalized spacial score (nSPS) is 17.3. The summed E-state index contributed by atoms with van der Waals surface area (Å²) in [7, 11) is -3.77. The van der Waals surface area contributed by atoms with Crippen LogP contribution < -0.4 is 14.8 Å². The second kappa shape index (κ2) is 10.4. The van der Waals surface area contributed by atoms with Crippen molar-refractivity contribution in [3.63, 3.8) is 0 Å². The minimum Gasteiger partial charge on any atom is -0.494 e. The molecule has 0 aliphatic carbocycles. The Kier molecular flexibility index (Phi) is 7.78. The molecule has 2 heterocycles. The standard InChI is InChI=1S/C22H32N4O5S/c1-5-30-18-9-10-20(31-6-2)19(12-18)24-22(27)17-8-7-11-26(13-17)32(28,29)21-14-25(15-23-21)16(3)4/h9-10,12,14-17H,5-8,11,13H2,1-4H3,(H,24,27). The lowest BCUT2D eigenvalue weighted by Crippen LogP contribution is -2.43. The fourth-order valence-electron chi connectivity index (χ4n) is 3.62. The molecule has 2 aromatic rings. The number of hydrogen-bond acceptors (Lipinski definition) is 6. The maximum absolute atomic E-state index is 13.1. The Labute approximate surface area is 189 Å². The smallest absolute Gasteiger partial charge is 0.262 e. The monoisotopic (exact) mass is 464 g/mol. The summed E-state index contributed by atoms with van der Waals surface area (Å²) < 4.78 is 40.4. The lowest BCUT2D eigenvalue weighted by Gasteiger charge is -2.30. The summed E-state index contributed by atoms with van der Waals surface area (Å²) in [4.78, 5) is 17.1. The van der Waals surface area contributed by atoms with Crippen LogP contribution in [0.1, 0.15) is 46.6 Å². The number of benzene rings is 1. The second-order valence-corrected chi connectivity index (χ2v) is 9.85. The number of amides is 1. The third kappa shape index (κ3) is 5.42. The van der Waals surface area contributed by atoms with Crippen LogP contribution in [-0.4, -0.2) is 54.5 Å². The lowest BCUT2D eigenvalue weighted by molar-refractivity contribution is -0.120. The van der Waals surface area contributed by atoms with Gasteiger partial charge in [0.2, 0.25) is 5.91 Å². The number of rotatable bonds is 9. The lowest BCUT2D eigenvalue weighted by atomic mass is 9.98. The highest BCUT2D eigenvalue weighted by Gasteiger charge is 2.35. The highest BCUT2D eigenvalue weighted by Crippen LogP contribution is 2.31. The molecule has 0 saturated carbocycles. The summed E-state index contributed by atoms with van der Waals surface area (Å²) in [5, 5.41) is 2.92. The number of piperidine rings is 1. The fraction of sp³-hybridized carbons (Fsp3) is 0.545. The molecule has 1 aliphatic heterocycles. The van der Waals surface area contributed by atoms with Gasteiger partial charge in [0, 0.05) is 31.4 Å². The molecule has 1 fully saturated rings. The molecule has 0 spiro atoms. The molecule has 10 heteroatoms. The maximum Gasteiger partial charge on any atom is 0.262 e. The summed E-state index contributed by atoms with van der Waals surface area (Å²) in [6, 6.07) is 5.38. The van der Waals surface area contributed by atoms with Gasteiger partial charge in [0.1, 0.15) is 11.5 Å². The van der Waals surface area contributed by atoms with E-state index in [0.29, 0.717) is 49.8 Å². The molecule has 1 amide bonds. The average Bonchev–Trinajstić information content (AvgIpc) is 3.28. The highest BCUT2D eigenvalue weighted by atomic mass is 32.2. The van der Waals surface area contributed by atoms with Crippen LogP contribution in [0.25, 0.3) is 0 Å². The van der Waals surface area contributed by atoms with Crippen molar-refractivity contribution >= 4 is 21.6 Å². The summed E-state index contributed by atoms with van der Waals surface area (Å²) in [5.74, 6) is 0.451. The number of sulfonamides is 1. The first-order chi connectivity index (χ1) is 15.3. The van der Waals surface area contributed by atoms with E-state index in [1.807, 2.05) is 27.7 Å². The Hall–Kier alpha value is -2.59. The van der Waals surface area contributed by atoms with Crippen molar-refractivity contribution in [1.82, 2.24) is 13.9 Å². The van der Waals surface area contributed by atoms with Gasteiger partial charge < -0.3 is 19.4 Å². The maximum atomic E-state index is 13.1. The van der Waals surface area contributed by atoms with E-state index in [-0.39, 0.29) is 23.5 Å². The third-order valence-corrected chi connectivity index (χ3v) is 7.10. The minimum absolute atomic E-state index is 0.00954. The quantitative estimate of drug-likeness (QED) is 0.611. The van der Waals surface area contributed by atoms with Crippen LogP contribution in [0.5, 0.6) is 11.5 Å². The molecule has 32 heavy (non-hydrogen) atoms. The summed E-state index contributed by atoms with van der Waals surface area (Å²) >= 11 is 0. The number of nitrogens with one attached hydrogen (secondary N) is 1. The molecule has 0 bridgehead atoms. The predicted molar refractivity (Wildman–Crippen MR) is 122 cm³/mol. The summed E-state index contributed by atoms with van der Waals surface area (Å²) in [6.45, 7) is 9.09. The number of ether oxygens (including phenoxy) is 2. The molecule has 1 aromatic heterocycles. The van der Waals surface area contributed by atoms with Crippen LogP contribution in [0.15, 0.2) is 35.7 Å². The van der Waals surface area contributed by atoms with Crippen LogP contribution in [0, 0.1) is 5.92 Å². The SMILES string of the molecule is CCOc1ccc(OCC)c(NC(=O)C2CCCN(S(=O)(=O)c3cn(C(C)C)cn3)C2)c1. The molecule has 1 atom stereocenters. The fourth-order valence-corrected chi connectivity index (χ4v) is 5.07. The number of anilines is 1. The van der Waals surface area contributed by atoms with E-state index in [1.165, 1.54) is 16.8 Å². The number of nitrogens with zero attached hydrogens (tertiary/aromatic N) is 3. The van der Waals surface area contributed by atoms with E-state index >= 15 is 0 Å². The first-order valence-electron chi connectivity index (χ1n) is 11.0. The molecule has 1 aromatic carbocycles. The van der Waals surface area contributed by atoms with Gasteiger partial charge in [0.15, 0.2) is 5.03 Å². The zero-order valence-corrected chi connectivity index (χ0v) is 19.9. The topological polar surface area (TPSA) is 103 Å². The first kappa shape index (κ1) is 24.1. The van der Waals surface area contributed by atoms with Gasteiger partial charge in [-0.05, 0) is 52.7 Å². The largest absolute Gasteiger partial charge is 0.494 e. The number of carbonyl (C=O) groups is 1. The van der Waals surface area contributed by atoms with Crippen molar-refractivity contribution in [3.8, 4) is 11.5 Å². The van der Waals surface area contributed by atoms with Crippen LogP contribution in [0.4, 0.5) is 5.69 Å². The Morgan fingerprint density at radius 2 is 2.00 bits per heavy atom. The van der Waals surface area contributed by atoms with E-state index in [1.54, 1.807) is 22.8 Å². The van der Waals surface area contributed by atoms with Crippen molar-refractivity contribution < 1.29 is 22.7 Å². The van der Waals surface area contributed by atoms with Gasteiger partial charge in [0.25, 0.3) is 10.0 Å². The van der Waals surface area contributed by atoms with Gasteiger partial charge in [-0.2, -0.15) is 4.31 Å². The third-order valence-electron chi connectivity index (χ3n) is 5.35. The molecule has 0 radical (unpaired) electrons. The van der Waals surface area contributed by atoms with E-state index in [2.05, 4.69) is 10.3 Å². The second-order valence-electron chi connectivity index (χ2n) is 7.97. The van der Waals surface area contributed by atoms with E-state index in [4.69, 9.17) is 9.47 Å². The van der Waals surface area contributed by atoms with Gasteiger partial charge in [-0.15, -0.1) is 0 Å². The van der Waals surface area contributed by atoms with Gasteiger partial charge in [-0.3, -0.25) is 4.79 Å². The molecular formula is C22H32N4O5S. The van der Waals surface area contributed by atoms with Crippen molar-refractivity contribution in [2.45, 2.75) is 51.6 Å². The van der Waals surface area contributed by atoms with Crippen molar-refractivity contribution in [2.75, 3.05) is 31.6 Å². The molecule has 176 valence electrons. The molecule has 1 N–H and O–H groups in total. The molecule has 1 saturated heterocycles. The number of imidazole rings is 1. The average molecular weight is 465 g/mol. The summed E-state index contributed by atoms with van der Waals surface area (Å²) in [6.07, 6.45) is 4.26. The molecule has 1 aliphatic rings. The zero-order valence-electron chi connectivity index (χ0n) is 19.1. The molecular weight excluding hydrogens is 432 g/mol. The van der Waals surface area contributed by atoms with Crippen LogP contribution in [-0.2, 0) is 14.8 Å². The van der Waals surface area contributed by atoms with Crippen molar-refractivity contribution in [3.05, 3.63) is 30.7 Å². The molecule has 9 nitrogen and oxygen atoms in total. The van der Waals surface area contributed by atoms with Crippen molar-refractivity contribution in [1.29, 1.82) is 0 Å². The van der Waals surface area contributed by atoms with Crippen molar-refractivity contribution in [2.24, 2.45) is 5.92 Å². The Bertz CT molecular complexity index is 1030. The van der Waals surface area contributed by atoms with Gasteiger partial charge >= 0.3 is 0 Å². The van der Waals surface area contributed by atoms with Crippen LogP contribution >= 0.6 is 0 Å². The van der Waals surface area contributed by atoms with Gasteiger partial charge in [0.05, 0.1) is 31.1 Å². The predicted octanol–water partition coefficient (Wildman–Crippen LogP) is 3.30. The zero-order chi connectivity index (χ0) is 23.3. The Morgan fingerprint density at radius 1 is 1.25 bits per heavy atom. The first-order valence-corrected chi connectivity index (χ1v) is 12.4. The van der Waals surface area contributed by atoms with Crippen LogP contribution in [0.2, 0.25) is 0 Å². The molecule has 3 rings (SSSR count). The van der Waals surface area contributed by atoms with Gasteiger partial charge in [-0.1, -0.05) is 0 Å². The molecule has 1 unspecified atom stereocenters. The van der Waals surface area contributed by atoms with Crippen LogP contribution in [0.3, 0.4) is 0 Å². The number of hydrogen-bond donors (Lipinski definition) is 1. The van der Waals surface area contributed by atoms with E-state index in [9.17, 15) is 13.2 Å². The Morgan fingerprint density at radius 3 is 2.66 bits per heavy atom. The van der Waals surface area contributed by atoms with E-state index in [0.717, 1.165) is 0 Å². The number of aromatic nitrogens is 2. The number of carbonyl (C=O) groups excluding carboxylic acids is 1. The summed E-state index contributed by atoms with van der Waals surface area (Å²) in [5.41, 5.74) is 0.512. The van der Waals surface area contributed by atoms with Gasteiger partial charge in [-0.25, -0.2) is 13.4 Å². The highest BCUT2D eigenvalue weighted by molar-refractivity contribution is 7.89. The Balaban J connectivity index is 1.75. The van der Waals surface area contributed by atoms with E-state index < -0.39 is 15.9 Å².